The molecule has 1 heterocycles. The minimum Gasteiger partial charge on any atom is -0.394 e. The lowest BCUT2D eigenvalue weighted by atomic mass is 10.0. The van der Waals surface area contributed by atoms with Gasteiger partial charge in [0, 0.05) is 31.5 Å². The number of hydrogen-bond donors (Lipinski definition) is 2. The first-order valence-corrected chi connectivity index (χ1v) is 12.9. The fourth-order valence-electron chi connectivity index (χ4n) is 4.52. The van der Waals surface area contributed by atoms with Gasteiger partial charge in [-0.3, -0.25) is 0 Å². The maximum absolute atomic E-state index is 8.71. The molecule has 192 valence electrons. The van der Waals surface area contributed by atoms with E-state index in [0.29, 0.717) is 26.4 Å². The van der Waals surface area contributed by atoms with Gasteiger partial charge in [-0.15, -0.1) is 0 Å². The molecule has 2 aromatic carbocycles. The Morgan fingerprint density at radius 2 is 1.78 bits per heavy atom. The van der Waals surface area contributed by atoms with Gasteiger partial charge in [0.15, 0.2) is 0 Å². The van der Waals surface area contributed by atoms with Crippen molar-refractivity contribution in [3.63, 3.8) is 0 Å². The van der Waals surface area contributed by atoms with Crippen molar-refractivity contribution in [2.75, 3.05) is 65.0 Å². The van der Waals surface area contributed by atoms with Crippen LogP contribution in [0.5, 0.6) is 0 Å². The number of aliphatic hydroxyl groups is 1. The third-order valence-electron chi connectivity index (χ3n) is 6.36. The van der Waals surface area contributed by atoms with Crippen LogP contribution in [0.15, 0.2) is 48.5 Å². The number of nitrogens with one attached hydrogen (secondary N) is 1. The van der Waals surface area contributed by atoms with E-state index < -0.39 is 0 Å². The summed E-state index contributed by atoms with van der Waals surface area (Å²) in [5.41, 5.74) is 7.36. The van der Waals surface area contributed by atoms with E-state index in [4.69, 9.17) is 24.5 Å². The van der Waals surface area contributed by atoms with Crippen molar-refractivity contribution in [1.82, 2.24) is 14.9 Å². The zero-order valence-corrected chi connectivity index (χ0v) is 21.5. The van der Waals surface area contributed by atoms with Gasteiger partial charge in [0.05, 0.1) is 38.7 Å². The minimum atomic E-state index is 0.0507. The number of ether oxygens (including phenoxy) is 2. The maximum Gasteiger partial charge on any atom is 0.137 e. The standard InChI is InChI=1S/C29H38N4O3/c1-22-9-10-25-24(19-22)21-26-28(25)29(32-27(31-26)20-23-7-4-3-5-8-23)30-11-6-12-33(2)13-15-35-17-18-36-16-14-34/h3-5,7-10,19,34H,6,11-18,20-21H2,1-2H3,(H,30,31,32). The number of aryl methyl sites for hydroxylation is 1. The predicted octanol–water partition coefficient (Wildman–Crippen LogP) is 3.71. The highest BCUT2D eigenvalue weighted by Gasteiger charge is 2.25. The molecular weight excluding hydrogens is 452 g/mol. The van der Waals surface area contributed by atoms with E-state index in [2.05, 4.69) is 66.7 Å². The van der Waals surface area contributed by atoms with E-state index in [1.54, 1.807) is 0 Å². The predicted molar refractivity (Wildman–Crippen MR) is 144 cm³/mol. The SMILES string of the molecule is Cc1ccc2c(c1)Cc1nc(Cc3ccccc3)nc(NCCCN(C)CCOCCOCCO)c1-2. The second kappa shape index (κ2) is 13.5. The molecular formula is C29H38N4O3. The fraction of sp³-hybridized carbons (Fsp3) is 0.448. The monoisotopic (exact) mass is 490 g/mol. The Morgan fingerprint density at radius 3 is 2.58 bits per heavy atom. The lowest BCUT2D eigenvalue weighted by Crippen LogP contribution is -2.26. The van der Waals surface area contributed by atoms with Crippen LogP contribution >= 0.6 is 0 Å². The van der Waals surface area contributed by atoms with Crippen LogP contribution in [0.1, 0.15) is 34.6 Å². The summed E-state index contributed by atoms with van der Waals surface area (Å²) in [7, 11) is 2.12. The number of rotatable bonds is 15. The van der Waals surface area contributed by atoms with Crippen molar-refractivity contribution in [2.24, 2.45) is 0 Å². The summed E-state index contributed by atoms with van der Waals surface area (Å²) in [5, 5.41) is 12.3. The van der Waals surface area contributed by atoms with Gasteiger partial charge in [0.1, 0.15) is 11.6 Å². The van der Waals surface area contributed by atoms with Gasteiger partial charge in [-0.05, 0) is 43.6 Å². The molecule has 1 aliphatic rings. The topological polar surface area (TPSA) is 79.7 Å². The number of aliphatic hydroxyl groups excluding tert-OH is 1. The molecule has 0 radical (unpaired) electrons. The molecule has 0 atom stereocenters. The Morgan fingerprint density at radius 1 is 0.972 bits per heavy atom. The Bertz CT molecular complexity index is 1110. The highest BCUT2D eigenvalue weighted by Crippen LogP contribution is 2.40. The first-order valence-electron chi connectivity index (χ1n) is 12.9. The molecule has 36 heavy (non-hydrogen) atoms. The molecule has 7 nitrogen and oxygen atoms in total. The van der Waals surface area contributed by atoms with E-state index in [0.717, 1.165) is 61.8 Å². The molecule has 0 fully saturated rings. The third-order valence-corrected chi connectivity index (χ3v) is 6.36. The molecule has 1 aromatic heterocycles. The van der Waals surface area contributed by atoms with Crippen molar-refractivity contribution >= 4 is 5.82 Å². The summed E-state index contributed by atoms with van der Waals surface area (Å²) in [6.45, 7) is 6.99. The highest BCUT2D eigenvalue weighted by molar-refractivity contribution is 5.84. The van der Waals surface area contributed by atoms with Gasteiger partial charge in [-0.1, -0.05) is 54.1 Å². The van der Waals surface area contributed by atoms with Crippen molar-refractivity contribution < 1.29 is 14.6 Å². The molecule has 0 bridgehead atoms. The minimum absolute atomic E-state index is 0.0507. The van der Waals surface area contributed by atoms with Crippen molar-refractivity contribution in [3.05, 3.63) is 76.7 Å². The summed E-state index contributed by atoms with van der Waals surface area (Å²) in [5.74, 6) is 1.81. The number of likely N-dealkylation sites (N-methyl/N-ethyl adjacent to an activating group) is 1. The molecule has 0 saturated carbocycles. The largest absolute Gasteiger partial charge is 0.394 e. The zero-order valence-electron chi connectivity index (χ0n) is 21.5. The normalized spacial score (nSPS) is 12.1. The van der Waals surface area contributed by atoms with Gasteiger partial charge in [-0.25, -0.2) is 9.97 Å². The summed E-state index contributed by atoms with van der Waals surface area (Å²) in [6, 6.07) is 17.1. The molecule has 0 saturated heterocycles. The Kier molecular flexibility index (Phi) is 9.81. The van der Waals surface area contributed by atoms with Crippen LogP contribution in [-0.4, -0.2) is 79.7 Å². The Balaban J connectivity index is 1.34. The maximum atomic E-state index is 8.71. The van der Waals surface area contributed by atoms with Crippen LogP contribution in [0.2, 0.25) is 0 Å². The lowest BCUT2D eigenvalue weighted by molar-refractivity contribution is 0.0282. The number of hydrogen-bond acceptors (Lipinski definition) is 7. The van der Waals surface area contributed by atoms with Crippen LogP contribution in [0.25, 0.3) is 11.1 Å². The van der Waals surface area contributed by atoms with Crippen LogP contribution in [0, 0.1) is 6.92 Å². The van der Waals surface area contributed by atoms with Gasteiger partial charge < -0.3 is 24.8 Å². The Labute approximate surface area is 214 Å². The average Bonchev–Trinajstić information content (AvgIpc) is 3.24. The Hall–Kier alpha value is -2.84. The smallest absolute Gasteiger partial charge is 0.137 e. The molecule has 3 aromatic rings. The van der Waals surface area contributed by atoms with Crippen molar-refractivity contribution in [2.45, 2.75) is 26.2 Å². The van der Waals surface area contributed by atoms with Crippen molar-refractivity contribution in [1.29, 1.82) is 0 Å². The number of nitrogens with zero attached hydrogens (tertiary/aromatic N) is 3. The highest BCUT2D eigenvalue weighted by atomic mass is 16.5. The van der Waals surface area contributed by atoms with E-state index in [9.17, 15) is 0 Å². The fourth-order valence-corrected chi connectivity index (χ4v) is 4.52. The summed E-state index contributed by atoms with van der Waals surface area (Å²) >= 11 is 0. The number of fused-ring (bicyclic) bond motifs is 3. The van der Waals surface area contributed by atoms with Gasteiger partial charge >= 0.3 is 0 Å². The van der Waals surface area contributed by atoms with Crippen molar-refractivity contribution in [3.8, 4) is 11.1 Å². The lowest BCUT2D eigenvalue weighted by Gasteiger charge is -2.18. The van der Waals surface area contributed by atoms with E-state index in [1.165, 1.54) is 22.3 Å². The van der Waals surface area contributed by atoms with Crippen LogP contribution in [-0.2, 0) is 22.3 Å². The molecule has 7 heteroatoms. The molecule has 0 unspecified atom stereocenters. The average molecular weight is 491 g/mol. The first kappa shape index (κ1) is 26.2. The quantitative estimate of drug-likeness (QED) is 0.246. The summed E-state index contributed by atoms with van der Waals surface area (Å²) in [6.07, 6.45) is 2.59. The third kappa shape index (κ3) is 7.34. The molecule has 4 rings (SSSR count). The van der Waals surface area contributed by atoms with Crippen LogP contribution < -0.4 is 5.32 Å². The molecule has 0 amide bonds. The second-order valence-electron chi connectivity index (χ2n) is 9.34. The number of anilines is 1. The summed E-state index contributed by atoms with van der Waals surface area (Å²) < 4.78 is 10.8. The van der Waals surface area contributed by atoms with Gasteiger partial charge in [0.2, 0.25) is 0 Å². The molecule has 2 N–H and O–H groups in total. The molecule has 0 aliphatic heterocycles. The molecule has 0 spiro atoms. The van der Waals surface area contributed by atoms with E-state index in [1.807, 2.05) is 6.07 Å². The van der Waals surface area contributed by atoms with Gasteiger partial charge in [0.25, 0.3) is 0 Å². The van der Waals surface area contributed by atoms with Crippen LogP contribution in [0.3, 0.4) is 0 Å². The second-order valence-corrected chi connectivity index (χ2v) is 9.34. The zero-order chi connectivity index (χ0) is 25.2. The number of aromatic nitrogens is 2. The van der Waals surface area contributed by atoms with Gasteiger partial charge in [-0.2, -0.15) is 0 Å². The molecule has 1 aliphatic carbocycles. The summed E-state index contributed by atoms with van der Waals surface area (Å²) in [4.78, 5) is 12.2. The first-order chi connectivity index (χ1) is 17.6. The van der Waals surface area contributed by atoms with E-state index >= 15 is 0 Å². The van der Waals surface area contributed by atoms with Crippen LogP contribution in [0.4, 0.5) is 5.82 Å². The van der Waals surface area contributed by atoms with E-state index in [-0.39, 0.29) is 6.61 Å². The number of benzene rings is 2.